The Kier molecular flexibility index (Phi) is 26.3. The molecule has 0 fully saturated rings. The Morgan fingerprint density at radius 3 is 0.733 bits per heavy atom. The van der Waals surface area contributed by atoms with Gasteiger partial charge in [0.1, 0.15) is 0 Å². The second kappa shape index (κ2) is 32.1. The summed E-state index contributed by atoms with van der Waals surface area (Å²) in [5.74, 6) is 1.23. The predicted molar refractivity (Wildman–Crippen MR) is 349 cm³/mol. The molecule has 8 heterocycles. The SMILES string of the molecule is CCC1=C(CC)/C(=C/C2=NC(=C\c3[n-]c(/C=C4\N=C(OC)C(CC)=C4CC)c(CC)c3CC)/C(CC)=C2CC)N=C1[O-].CCC1=C(CC)/C(=C/C2=NC(=C\c3[n-]c(/C=C4\N=C(OC)C(CC)=C4CC)c(CC)c3CC)/C(CC)=C2CC)N=C1[O-].[Fe+2].[Fe+2]. The van der Waals surface area contributed by atoms with Crippen LogP contribution in [-0.4, -0.2) is 49.2 Å². The molecule has 2 aromatic rings. The quantitative estimate of drug-likeness (QED) is 0.106. The second-order valence-electron chi connectivity index (χ2n) is 21.3. The van der Waals surface area contributed by atoms with Gasteiger partial charge in [0.05, 0.1) is 59.8 Å². The minimum Gasteiger partial charge on any atom is -0.858 e. The molecular formula is C72H92Fe2N8O4. The molecule has 6 aliphatic heterocycles. The second-order valence-corrected chi connectivity index (χ2v) is 21.3. The number of allylic oxidation sites excluding steroid dienone is 10. The number of nitrogens with zero attached hydrogens (tertiary/aromatic N) is 8. The number of methoxy groups -OCH3 is 2. The first-order valence-corrected chi connectivity index (χ1v) is 31.6. The van der Waals surface area contributed by atoms with E-state index in [0.717, 1.165) is 192 Å². The van der Waals surface area contributed by atoms with Gasteiger partial charge in [-0.2, -0.15) is 0 Å². The molecule has 0 radical (unpaired) electrons. The van der Waals surface area contributed by atoms with Gasteiger partial charge in [0.15, 0.2) is 0 Å². The van der Waals surface area contributed by atoms with E-state index in [9.17, 15) is 10.2 Å². The zero-order valence-electron chi connectivity index (χ0n) is 54.7. The monoisotopic (exact) mass is 1240 g/mol. The summed E-state index contributed by atoms with van der Waals surface area (Å²) in [6, 6.07) is 0. The predicted octanol–water partition coefficient (Wildman–Crippen LogP) is 15.9. The Labute approximate surface area is 535 Å². The number of rotatable bonds is 22. The smallest absolute Gasteiger partial charge is 0.858 e. The Hall–Kier alpha value is -6.30. The van der Waals surface area contributed by atoms with Crippen molar-refractivity contribution in [2.75, 3.05) is 14.2 Å². The number of ether oxygens (including phenoxy) is 2. The number of hydrogen-bond donors (Lipinski definition) is 0. The van der Waals surface area contributed by atoms with Gasteiger partial charge in [-0.05, 0) is 182 Å². The van der Waals surface area contributed by atoms with Gasteiger partial charge >= 0.3 is 34.1 Å². The number of aromatic nitrogens is 2. The first-order valence-electron chi connectivity index (χ1n) is 31.6. The van der Waals surface area contributed by atoms with Crippen LogP contribution in [0.3, 0.4) is 0 Å². The van der Waals surface area contributed by atoms with Gasteiger partial charge in [0.2, 0.25) is 11.8 Å². The van der Waals surface area contributed by atoms with Crippen LogP contribution in [0.1, 0.15) is 233 Å². The standard InChI is InChI=1S/2C36H47N4O2.2Fe/c2*1-10-21-23(12-3)31(19-33-25(14-5)27(16-7)35(41)39-33)37-29(21)18-30-22(11-2)24(13-4)32(38-30)20-34-26(15-6)28(17-8)36(40-34)42-9;;/h2*18-20H,10-17H2,1-9H3,(H-,37,38,39,40,41);;/q2*-1;2*+2/p-2. The van der Waals surface area contributed by atoms with Crippen molar-refractivity contribution in [3.8, 4) is 0 Å². The third-order valence-electron chi connectivity index (χ3n) is 17.2. The molecule has 0 N–H and O–H groups in total. The van der Waals surface area contributed by atoms with E-state index in [0.29, 0.717) is 12.8 Å². The minimum atomic E-state index is -0.105. The maximum Gasteiger partial charge on any atom is 2.00 e. The molecule has 86 heavy (non-hydrogen) atoms. The summed E-state index contributed by atoms with van der Waals surface area (Å²) in [6.45, 7) is 34.4. The van der Waals surface area contributed by atoms with Gasteiger partial charge in [-0.15, -0.1) is 22.8 Å². The molecule has 12 nitrogen and oxygen atoms in total. The fourth-order valence-electron chi connectivity index (χ4n) is 13.1. The minimum absolute atomic E-state index is 0. The van der Waals surface area contributed by atoms with Crippen LogP contribution in [0.5, 0.6) is 0 Å². The van der Waals surface area contributed by atoms with Gasteiger partial charge in [-0.25, -0.2) is 20.0 Å². The van der Waals surface area contributed by atoms with Crippen LogP contribution in [0.15, 0.2) is 143 Å². The van der Waals surface area contributed by atoms with Crippen LogP contribution in [0, 0.1) is 0 Å². The summed E-state index contributed by atoms with van der Waals surface area (Å²) < 4.78 is 11.2. The molecule has 0 saturated carbocycles. The van der Waals surface area contributed by atoms with Crippen LogP contribution in [-0.2, 0) is 69.3 Å². The van der Waals surface area contributed by atoms with Gasteiger partial charge in [-0.1, -0.05) is 157 Å². The maximum atomic E-state index is 12.5. The van der Waals surface area contributed by atoms with E-state index in [1.165, 1.54) is 66.8 Å². The summed E-state index contributed by atoms with van der Waals surface area (Å²) >= 11 is 0. The van der Waals surface area contributed by atoms with Crippen molar-refractivity contribution in [2.24, 2.45) is 30.0 Å². The van der Waals surface area contributed by atoms with Crippen molar-refractivity contribution >= 4 is 59.3 Å². The van der Waals surface area contributed by atoms with Crippen molar-refractivity contribution in [2.45, 2.75) is 214 Å². The van der Waals surface area contributed by atoms with Crippen LogP contribution < -0.4 is 20.2 Å². The average Bonchev–Trinajstić information content (AvgIpc) is 3.20. The first kappa shape index (κ1) is 70.5. The molecular weight excluding hydrogens is 1150 g/mol. The largest absolute Gasteiger partial charge is 2.00 e. The van der Waals surface area contributed by atoms with Crippen LogP contribution in [0.25, 0.3) is 24.3 Å². The molecule has 14 heteroatoms. The fraction of sp³-hybridized carbons (Fsp3) is 0.472. The fourth-order valence-corrected chi connectivity index (χ4v) is 13.1. The number of hydrogen-bond acceptors (Lipinski definition) is 10. The zero-order valence-corrected chi connectivity index (χ0v) is 56.9. The van der Waals surface area contributed by atoms with Gasteiger partial charge < -0.3 is 29.7 Å². The summed E-state index contributed by atoms with van der Waals surface area (Å²) in [6.07, 6.45) is 26.2. The van der Waals surface area contributed by atoms with Gasteiger partial charge in [-0.3, -0.25) is 9.98 Å². The van der Waals surface area contributed by atoms with E-state index in [1.807, 2.05) is 26.0 Å². The molecule has 0 unspecified atom stereocenters. The van der Waals surface area contributed by atoms with Crippen molar-refractivity contribution < 1.29 is 53.8 Å². The van der Waals surface area contributed by atoms with Gasteiger partial charge in [0, 0.05) is 11.1 Å². The maximum absolute atomic E-state index is 12.5. The van der Waals surface area contributed by atoms with Crippen molar-refractivity contribution in [3.05, 3.63) is 158 Å². The number of aliphatic imine (C=N–C) groups is 6. The van der Waals surface area contributed by atoms with E-state index in [-0.39, 0.29) is 45.9 Å². The summed E-state index contributed by atoms with van der Waals surface area (Å²) in [5.41, 5.74) is 29.7. The summed E-state index contributed by atoms with van der Waals surface area (Å²) in [7, 11) is 3.39. The third kappa shape index (κ3) is 13.8. The molecule has 0 aliphatic carbocycles. The Morgan fingerprint density at radius 1 is 0.279 bits per heavy atom. The Morgan fingerprint density at radius 2 is 0.500 bits per heavy atom. The van der Waals surface area contributed by atoms with E-state index in [1.54, 1.807) is 14.2 Å². The molecule has 0 saturated heterocycles. The van der Waals surface area contributed by atoms with Crippen molar-refractivity contribution in [1.29, 1.82) is 0 Å². The van der Waals surface area contributed by atoms with Crippen LogP contribution >= 0.6 is 0 Å². The molecule has 0 spiro atoms. The molecule has 6 aliphatic rings. The van der Waals surface area contributed by atoms with Crippen LogP contribution in [0.4, 0.5) is 0 Å². The van der Waals surface area contributed by atoms with Crippen molar-refractivity contribution in [1.82, 2.24) is 9.97 Å². The zero-order chi connectivity index (χ0) is 61.1. The molecule has 8 rings (SSSR count). The average molecular weight is 1250 g/mol. The Bertz CT molecular complexity index is 3300. The topological polar surface area (TPSA) is 167 Å². The summed E-state index contributed by atoms with van der Waals surface area (Å²) in [5, 5.41) is 25.1. The van der Waals surface area contributed by atoms with Gasteiger partial charge in [0.25, 0.3) is 0 Å². The van der Waals surface area contributed by atoms with Crippen LogP contribution in [0.2, 0.25) is 0 Å². The Balaban J connectivity index is 0.000000307. The molecule has 0 atom stereocenters. The van der Waals surface area contributed by atoms with E-state index >= 15 is 0 Å². The van der Waals surface area contributed by atoms with Crippen molar-refractivity contribution in [3.63, 3.8) is 0 Å². The summed E-state index contributed by atoms with van der Waals surface area (Å²) in [4.78, 5) is 39.1. The molecule has 0 bridgehead atoms. The third-order valence-corrected chi connectivity index (χ3v) is 17.2. The normalized spacial score (nSPS) is 19.7. The molecule has 0 aromatic carbocycles. The van der Waals surface area contributed by atoms with E-state index in [4.69, 9.17) is 39.4 Å². The first-order chi connectivity index (χ1) is 40.7. The van der Waals surface area contributed by atoms with E-state index in [2.05, 4.69) is 131 Å². The van der Waals surface area contributed by atoms with E-state index < -0.39 is 0 Å². The molecule has 460 valence electrons. The molecule has 0 amide bonds. The molecule has 2 aromatic heterocycles.